The second-order valence-electron chi connectivity index (χ2n) is 11.6. The van der Waals surface area contributed by atoms with Gasteiger partial charge in [0.1, 0.15) is 0 Å². The summed E-state index contributed by atoms with van der Waals surface area (Å²) in [4.78, 5) is 12.6. The highest BCUT2D eigenvalue weighted by Gasteiger charge is 2.47. The molecule has 0 aromatic heterocycles. The Labute approximate surface area is 200 Å². The lowest BCUT2D eigenvalue weighted by molar-refractivity contribution is -0.292. The molecule has 1 N–H and O–H groups in total. The van der Waals surface area contributed by atoms with Crippen LogP contribution < -0.4 is 5.32 Å². The quantitative estimate of drug-likeness (QED) is 0.215. The van der Waals surface area contributed by atoms with E-state index in [4.69, 9.17) is 0 Å². The zero-order valence-electron chi connectivity index (χ0n) is 22.3. The van der Waals surface area contributed by atoms with E-state index in [1.165, 1.54) is 101 Å². The fourth-order valence-corrected chi connectivity index (χ4v) is 5.48. The number of unbranched alkanes of at least 4 members (excludes halogenated alkanes) is 15. The third-order valence-corrected chi connectivity index (χ3v) is 7.29. The van der Waals surface area contributed by atoms with Crippen LogP contribution in [0.15, 0.2) is 0 Å². The molecule has 4 heteroatoms. The van der Waals surface area contributed by atoms with E-state index in [1.807, 2.05) is 27.7 Å². The Balaban J connectivity index is 1.92. The van der Waals surface area contributed by atoms with Gasteiger partial charge in [-0.2, -0.15) is 0 Å². The lowest BCUT2D eigenvalue weighted by Crippen LogP contribution is -2.60. The van der Waals surface area contributed by atoms with Gasteiger partial charge in [0.15, 0.2) is 0 Å². The number of hydrogen-bond donors (Lipinski definition) is 1. The van der Waals surface area contributed by atoms with Crippen LogP contribution in [0.25, 0.3) is 0 Å². The molecule has 0 spiro atoms. The lowest BCUT2D eigenvalue weighted by Gasteiger charge is -2.49. The predicted octanol–water partition coefficient (Wildman–Crippen LogP) is 7.98. The smallest absolute Gasteiger partial charge is 0.223 e. The van der Waals surface area contributed by atoms with E-state index in [2.05, 4.69) is 12.2 Å². The molecule has 0 unspecified atom stereocenters. The molecule has 32 heavy (non-hydrogen) atoms. The minimum atomic E-state index is -0.474. The number of hydrogen-bond acceptors (Lipinski definition) is 2. The molecule has 1 aliphatic heterocycles. The monoisotopic (exact) mass is 451 g/mol. The number of carbonyl (C=O) groups excluding carboxylic acids is 1. The summed E-state index contributed by atoms with van der Waals surface area (Å²) < 4.78 is 0. The maximum absolute atomic E-state index is 12.6. The van der Waals surface area contributed by atoms with Gasteiger partial charge in [0.05, 0.1) is 0 Å². The average Bonchev–Trinajstić information content (AvgIpc) is 2.73. The van der Waals surface area contributed by atoms with Crippen LogP contribution in [0.2, 0.25) is 0 Å². The molecule has 0 aromatic carbocycles. The molecular formula is C28H55N2O2. The number of piperidine rings is 1. The Morgan fingerprint density at radius 2 is 1.03 bits per heavy atom. The summed E-state index contributed by atoms with van der Waals surface area (Å²) in [6, 6.07) is 0. The predicted molar refractivity (Wildman–Crippen MR) is 136 cm³/mol. The van der Waals surface area contributed by atoms with Crippen molar-refractivity contribution in [1.82, 2.24) is 10.4 Å². The SMILES string of the molecule is CCCCCCCCCCCCCCCCCCNC(=O)C1CC(C)(C)N([O])C(C)(C)C1. The van der Waals surface area contributed by atoms with Crippen molar-refractivity contribution < 1.29 is 10.0 Å². The van der Waals surface area contributed by atoms with E-state index in [9.17, 15) is 10.0 Å². The summed E-state index contributed by atoms with van der Waals surface area (Å²) in [6.45, 7) is 10.9. The van der Waals surface area contributed by atoms with E-state index in [0.717, 1.165) is 13.0 Å². The first-order chi connectivity index (χ1) is 15.2. The third-order valence-electron chi connectivity index (χ3n) is 7.29. The van der Waals surface area contributed by atoms with E-state index >= 15 is 0 Å². The lowest BCUT2D eigenvalue weighted by atomic mass is 9.75. The molecule has 0 atom stereocenters. The van der Waals surface area contributed by atoms with Crippen LogP contribution in [0.3, 0.4) is 0 Å². The average molecular weight is 452 g/mol. The third kappa shape index (κ3) is 12.0. The molecule has 4 nitrogen and oxygen atoms in total. The normalized spacial score (nSPS) is 18.7. The Bertz CT molecular complexity index is 472. The number of amides is 1. The molecule has 1 amide bonds. The van der Waals surface area contributed by atoms with Gasteiger partial charge in [-0.3, -0.25) is 4.79 Å². The van der Waals surface area contributed by atoms with Gasteiger partial charge in [-0.1, -0.05) is 103 Å². The van der Waals surface area contributed by atoms with Gasteiger partial charge >= 0.3 is 0 Å². The molecule has 1 heterocycles. The topological polar surface area (TPSA) is 52.2 Å². The van der Waals surface area contributed by atoms with Crippen molar-refractivity contribution in [3.63, 3.8) is 0 Å². The molecule has 1 rings (SSSR count). The Kier molecular flexibility index (Phi) is 14.8. The van der Waals surface area contributed by atoms with Gasteiger partial charge in [0.25, 0.3) is 0 Å². The maximum Gasteiger partial charge on any atom is 0.223 e. The van der Waals surface area contributed by atoms with Gasteiger partial charge in [0.2, 0.25) is 5.91 Å². The van der Waals surface area contributed by atoms with Gasteiger partial charge in [-0.05, 0) is 47.0 Å². The fraction of sp³-hybridized carbons (Fsp3) is 0.964. The van der Waals surface area contributed by atoms with Gasteiger partial charge in [-0.15, -0.1) is 10.3 Å². The highest BCUT2D eigenvalue weighted by molar-refractivity contribution is 5.79. The Morgan fingerprint density at radius 1 is 0.688 bits per heavy atom. The summed E-state index contributed by atoms with van der Waals surface area (Å²) in [5, 5.41) is 16.8. The molecule has 0 saturated carbocycles. The second kappa shape index (κ2) is 16.1. The first-order valence-corrected chi connectivity index (χ1v) is 14.0. The first kappa shape index (κ1) is 29.4. The zero-order valence-corrected chi connectivity index (χ0v) is 22.3. The van der Waals surface area contributed by atoms with Crippen molar-refractivity contribution in [2.24, 2.45) is 5.92 Å². The number of nitrogens with one attached hydrogen (secondary N) is 1. The molecule has 1 radical (unpaired) electrons. The highest BCUT2D eigenvalue weighted by atomic mass is 16.5. The molecule has 0 bridgehead atoms. The van der Waals surface area contributed by atoms with E-state index < -0.39 is 11.1 Å². The highest BCUT2D eigenvalue weighted by Crippen LogP contribution is 2.40. The largest absolute Gasteiger partial charge is 0.356 e. The van der Waals surface area contributed by atoms with Crippen LogP contribution >= 0.6 is 0 Å². The van der Waals surface area contributed by atoms with E-state index in [0.29, 0.717) is 12.8 Å². The summed E-state index contributed by atoms with van der Waals surface area (Å²) in [7, 11) is 0. The van der Waals surface area contributed by atoms with Crippen molar-refractivity contribution in [3.05, 3.63) is 0 Å². The second-order valence-corrected chi connectivity index (χ2v) is 11.6. The van der Waals surface area contributed by atoms with Gasteiger partial charge < -0.3 is 5.32 Å². The summed E-state index contributed by atoms with van der Waals surface area (Å²) >= 11 is 0. The summed E-state index contributed by atoms with van der Waals surface area (Å²) in [5.41, 5.74) is -0.948. The summed E-state index contributed by atoms with van der Waals surface area (Å²) in [6.07, 6.45) is 23.1. The van der Waals surface area contributed by atoms with Crippen molar-refractivity contribution in [2.45, 2.75) is 161 Å². The van der Waals surface area contributed by atoms with Crippen LogP contribution in [0.5, 0.6) is 0 Å². The van der Waals surface area contributed by atoms with Crippen LogP contribution in [-0.2, 0) is 10.0 Å². The maximum atomic E-state index is 12.6. The molecule has 189 valence electrons. The Hall–Kier alpha value is -0.610. The van der Waals surface area contributed by atoms with Crippen molar-refractivity contribution >= 4 is 5.91 Å². The fourth-order valence-electron chi connectivity index (χ4n) is 5.48. The van der Waals surface area contributed by atoms with Crippen molar-refractivity contribution in [2.75, 3.05) is 6.54 Å². The van der Waals surface area contributed by atoms with Gasteiger partial charge in [-0.25, -0.2) is 0 Å². The van der Waals surface area contributed by atoms with Crippen LogP contribution in [0.4, 0.5) is 0 Å². The van der Waals surface area contributed by atoms with Crippen molar-refractivity contribution in [3.8, 4) is 0 Å². The molecule has 1 saturated heterocycles. The first-order valence-electron chi connectivity index (χ1n) is 14.0. The standard InChI is InChI=1S/C28H55N2O2/c1-6-7-8-9-10-11-12-13-14-15-16-17-18-19-20-21-22-29-26(31)25-23-27(2,3)30(32)28(4,5)24-25/h25H,6-24H2,1-5H3,(H,29,31). The minimum Gasteiger partial charge on any atom is -0.356 e. The summed E-state index contributed by atoms with van der Waals surface area (Å²) in [5.74, 6) is 0.0893. The molecule has 0 aromatic rings. The van der Waals surface area contributed by atoms with Crippen molar-refractivity contribution in [1.29, 1.82) is 0 Å². The Morgan fingerprint density at radius 3 is 1.41 bits per heavy atom. The zero-order chi connectivity index (χ0) is 23.9. The van der Waals surface area contributed by atoms with Crippen LogP contribution in [-0.4, -0.2) is 28.6 Å². The number of carbonyl (C=O) groups is 1. The molecular weight excluding hydrogens is 396 g/mol. The molecule has 1 fully saturated rings. The van der Waals surface area contributed by atoms with Crippen LogP contribution in [0, 0.1) is 5.92 Å². The molecule has 0 aliphatic carbocycles. The van der Waals surface area contributed by atoms with E-state index in [-0.39, 0.29) is 11.8 Å². The minimum absolute atomic E-state index is 0.0498. The molecule has 1 aliphatic rings. The van der Waals surface area contributed by atoms with Gasteiger partial charge in [0, 0.05) is 23.5 Å². The van der Waals surface area contributed by atoms with E-state index in [1.54, 1.807) is 0 Å². The number of rotatable bonds is 18. The van der Waals surface area contributed by atoms with Crippen LogP contribution in [0.1, 0.15) is 150 Å². The number of nitrogens with zero attached hydrogens (tertiary/aromatic N) is 1. The number of hydroxylamine groups is 2.